The van der Waals surface area contributed by atoms with Crippen molar-refractivity contribution in [2.75, 3.05) is 36.4 Å². The molecule has 0 bridgehead atoms. The van der Waals surface area contributed by atoms with E-state index in [1.807, 2.05) is 12.1 Å². The van der Waals surface area contributed by atoms with Crippen LogP contribution in [-0.4, -0.2) is 43.0 Å². The van der Waals surface area contributed by atoms with Crippen LogP contribution in [0.25, 0.3) is 0 Å². The van der Waals surface area contributed by atoms with E-state index in [2.05, 4.69) is 15.1 Å². The summed E-state index contributed by atoms with van der Waals surface area (Å²) < 4.78 is 0. The van der Waals surface area contributed by atoms with Crippen molar-refractivity contribution in [3.05, 3.63) is 22.7 Å². The summed E-state index contributed by atoms with van der Waals surface area (Å²) in [6.45, 7) is 4.30. The molecule has 2 saturated heterocycles. The van der Waals surface area contributed by atoms with Crippen LogP contribution in [0, 0.1) is 0 Å². The number of hydrogen-bond acceptors (Lipinski definition) is 4. The Balaban J connectivity index is 1.64. The van der Waals surface area contributed by atoms with E-state index in [-0.39, 0.29) is 5.91 Å². The topological polar surface area (TPSA) is 61.6 Å². The summed E-state index contributed by atoms with van der Waals surface area (Å²) in [5.74, 6) is -0.154. The maximum atomic E-state index is 11.7. The fourth-order valence-corrected chi connectivity index (χ4v) is 4.04. The third kappa shape index (κ3) is 2.11. The van der Waals surface area contributed by atoms with E-state index < -0.39 is 6.04 Å². The molecule has 3 aliphatic rings. The molecule has 6 heteroatoms. The fraction of sp³-hybridized carbons (Fsp3) is 0.533. The number of anilines is 2. The van der Waals surface area contributed by atoms with E-state index >= 15 is 0 Å². The lowest BCUT2D eigenvalue weighted by molar-refractivity contribution is -0.116. The summed E-state index contributed by atoms with van der Waals surface area (Å²) in [7, 11) is 0. The number of nitrogens with one attached hydrogen (secondary N) is 1. The van der Waals surface area contributed by atoms with Crippen LogP contribution in [0.3, 0.4) is 0 Å². The Morgan fingerprint density at radius 3 is 3.00 bits per heavy atom. The van der Waals surface area contributed by atoms with Gasteiger partial charge >= 0.3 is 0 Å². The zero-order valence-corrected chi connectivity index (χ0v) is 12.6. The molecule has 0 radical (unpaired) electrons. The smallest absolute Gasteiger partial charge is 0.245 e. The fourth-order valence-electron chi connectivity index (χ4n) is 3.75. The number of amides is 1. The monoisotopic (exact) mass is 306 g/mol. The van der Waals surface area contributed by atoms with Crippen LogP contribution in [0.4, 0.5) is 11.4 Å². The summed E-state index contributed by atoms with van der Waals surface area (Å²) in [4.78, 5) is 16.6. The van der Waals surface area contributed by atoms with Crippen molar-refractivity contribution in [1.82, 2.24) is 4.90 Å². The van der Waals surface area contributed by atoms with E-state index in [1.54, 1.807) is 0 Å². The van der Waals surface area contributed by atoms with E-state index in [1.165, 1.54) is 19.4 Å². The van der Waals surface area contributed by atoms with Gasteiger partial charge in [-0.3, -0.25) is 9.69 Å². The van der Waals surface area contributed by atoms with Gasteiger partial charge in [0.25, 0.3) is 0 Å². The van der Waals surface area contributed by atoms with Crippen molar-refractivity contribution in [1.29, 1.82) is 0 Å². The highest BCUT2D eigenvalue weighted by molar-refractivity contribution is 6.33. The van der Waals surface area contributed by atoms with E-state index in [0.29, 0.717) is 11.1 Å². The normalized spacial score (nSPS) is 28.5. The molecule has 1 aromatic carbocycles. The van der Waals surface area contributed by atoms with Gasteiger partial charge in [-0.2, -0.15) is 0 Å². The first-order valence-electron chi connectivity index (χ1n) is 7.52. The summed E-state index contributed by atoms with van der Waals surface area (Å²) >= 11 is 6.45. The van der Waals surface area contributed by atoms with Gasteiger partial charge in [0.1, 0.15) is 6.04 Å². The molecule has 21 heavy (non-hydrogen) atoms. The van der Waals surface area contributed by atoms with Crippen LogP contribution in [0.5, 0.6) is 0 Å². The highest BCUT2D eigenvalue weighted by Gasteiger charge is 2.33. The average Bonchev–Trinajstić information content (AvgIpc) is 3.04. The summed E-state index contributed by atoms with van der Waals surface area (Å²) in [6, 6.07) is 3.86. The van der Waals surface area contributed by atoms with Gasteiger partial charge in [0.2, 0.25) is 5.91 Å². The minimum atomic E-state index is -0.599. The molecule has 4 rings (SSSR count). The molecule has 2 unspecified atom stereocenters. The summed E-state index contributed by atoms with van der Waals surface area (Å²) in [5, 5.41) is 3.53. The first-order chi connectivity index (χ1) is 10.1. The SMILES string of the molecule is NC1C(=O)Nc2cc(N3CCN4CCCC4C3)c(Cl)cc21. The number of halogens is 1. The molecule has 1 aromatic rings. The van der Waals surface area contributed by atoms with E-state index in [9.17, 15) is 4.79 Å². The molecular formula is C15H19ClN4O. The lowest BCUT2D eigenvalue weighted by Crippen LogP contribution is -2.50. The minimum Gasteiger partial charge on any atom is -0.367 e. The number of rotatable bonds is 1. The maximum absolute atomic E-state index is 11.7. The molecule has 3 N–H and O–H groups in total. The van der Waals surface area contributed by atoms with Crippen LogP contribution >= 0.6 is 11.6 Å². The van der Waals surface area contributed by atoms with Gasteiger partial charge in [-0.1, -0.05) is 11.6 Å². The zero-order chi connectivity index (χ0) is 14.6. The first kappa shape index (κ1) is 13.4. The van der Waals surface area contributed by atoms with Gasteiger partial charge in [0.05, 0.1) is 10.7 Å². The molecule has 112 valence electrons. The lowest BCUT2D eigenvalue weighted by atomic mass is 10.1. The highest BCUT2D eigenvalue weighted by atomic mass is 35.5. The van der Waals surface area contributed by atoms with Crippen LogP contribution < -0.4 is 16.0 Å². The lowest BCUT2D eigenvalue weighted by Gasteiger charge is -2.39. The molecule has 0 aromatic heterocycles. The second-order valence-corrected chi connectivity index (χ2v) is 6.54. The van der Waals surface area contributed by atoms with Crippen molar-refractivity contribution >= 4 is 28.9 Å². The van der Waals surface area contributed by atoms with E-state index in [4.69, 9.17) is 17.3 Å². The van der Waals surface area contributed by atoms with E-state index in [0.717, 1.165) is 36.6 Å². The number of nitrogens with zero attached hydrogens (tertiary/aromatic N) is 2. The third-order valence-electron chi connectivity index (χ3n) is 4.92. The predicted molar refractivity (Wildman–Crippen MR) is 83.8 cm³/mol. The Kier molecular flexibility index (Phi) is 3.10. The number of hydrogen-bond donors (Lipinski definition) is 2. The second kappa shape index (κ2) is 4.87. The Morgan fingerprint density at radius 2 is 2.14 bits per heavy atom. The molecule has 2 atom stereocenters. The molecule has 1 amide bonds. The summed E-state index contributed by atoms with van der Waals surface area (Å²) in [6.07, 6.45) is 2.56. The van der Waals surface area contributed by atoms with Gasteiger partial charge in [-0.05, 0) is 31.5 Å². The second-order valence-electron chi connectivity index (χ2n) is 6.14. The van der Waals surface area contributed by atoms with Crippen LogP contribution in [0.15, 0.2) is 12.1 Å². The molecule has 3 heterocycles. The predicted octanol–water partition coefficient (Wildman–Crippen LogP) is 1.58. The number of fused-ring (bicyclic) bond motifs is 2. The van der Waals surface area contributed by atoms with Crippen molar-refractivity contribution in [3.8, 4) is 0 Å². The van der Waals surface area contributed by atoms with Gasteiger partial charge < -0.3 is 16.0 Å². The Labute approximate surface area is 129 Å². The van der Waals surface area contributed by atoms with Crippen LogP contribution in [-0.2, 0) is 4.79 Å². The molecule has 0 aliphatic carbocycles. The van der Waals surface area contributed by atoms with Gasteiger partial charge in [0, 0.05) is 36.9 Å². The Bertz CT molecular complexity index is 606. The maximum Gasteiger partial charge on any atom is 0.245 e. The van der Waals surface area contributed by atoms with Gasteiger partial charge in [-0.25, -0.2) is 0 Å². The third-order valence-corrected chi connectivity index (χ3v) is 5.23. The zero-order valence-electron chi connectivity index (χ0n) is 11.8. The molecule has 3 aliphatic heterocycles. The Morgan fingerprint density at radius 1 is 1.29 bits per heavy atom. The number of piperazine rings is 1. The van der Waals surface area contributed by atoms with Crippen molar-refractivity contribution in [2.45, 2.75) is 24.9 Å². The van der Waals surface area contributed by atoms with Gasteiger partial charge in [-0.15, -0.1) is 0 Å². The number of nitrogens with two attached hydrogens (primary N) is 1. The van der Waals surface area contributed by atoms with Crippen LogP contribution in [0.2, 0.25) is 5.02 Å². The van der Waals surface area contributed by atoms with Gasteiger partial charge in [0.15, 0.2) is 0 Å². The number of carbonyl (C=O) groups is 1. The largest absolute Gasteiger partial charge is 0.367 e. The van der Waals surface area contributed by atoms with Crippen molar-refractivity contribution in [2.24, 2.45) is 5.73 Å². The number of benzene rings is 1. The standard InChI is InChI=1S/C15H19ClN4O/c16-11-6-10-12(18-15(21)14(10)17)7-13(11)20-5-4-19-3-1-2-9(19)8-20/h6-7,9,14H,1-5,8,17H2,(H,18,21). The number of carbonyl (C=O) groups excluding carboxylic acids is 1. The van der Waals surface area contributed by atoms with Crippen LogP contribution in [0.1, 0.15) is 24.4 Å². The first-order valence-corrected chi connectivity index (χ1v) is 7.90. The highest BCUT2D eigenvalue weighted by Crippen LogP contribution is 2.39. The molecule has 0 saturated carbocycles. The quantitative estimate of drug-likeness (QED) is 0.827. The minimum absolute atomic E-state index is 0.154. The van der Waals surface area contributed by atoms with Crippen molar-refractivity contribution in [3.63, 3.8) is 0 Å². The molecule has 5 nitrogen and oxygen atoms in total. The average molecular weight is 307 g/mol. The molecule has 2 fully saturated rings. The Hall–Kier alpha value is -1.30. The summed E-state index contributed by atoms with van der Waals surface area (Å²) in [5.41, 5.74) is 8.48. The molecular weight excluding hydrogens is 288 g/mol. The molecule has 0 spiro atoms. The van der Waals surface area contributed by atoms with Crippen molar-refractivity contribution < 1.29 is 4.79 Å².